The molecule has 22 heavy (non-hydrogen) atoms. The first-order chi connectivity index (χ1) is 10.4. The Morgan fingerprint density at radius 2 is 2.18 bits per heavy atom. The fourth-order valence-electron chi connectivity index (χ4n) is 1.58. The summed E-state index contributed by atoms with van der Waals surface area (Å²) in [4.78, 5) is 15.6. The van der Waals surface area contributed by atoms with E-state index < -0.39 is 17.0 Å². The number of pyridine rings is 1. The summed E-state index contributed by atoms with van der Waals surface area (Å²) in [5, 5.41) is 2.55. The van der Waals surface area contributed by atoms with E-state index in [-0.39, 0.29) is 12.5 Å². The maximum Gasteiger partial charge on any atom is 0.417 e. The third kappa shape index (κ3) is 4.52. The highest BCUT2D eigenvalue weighted by atomic mass is 32.2. The van der Waals surface area contributed by atoms with Crippen LogP contribution in [-0.2, 0) is 17.5 Å². The number of nitrogens with one attached hydrogen (secondary N) is 1. The number of carbonyl (C=O) groups excluding carboxylic acids is 1. The van der Waals surface area contributed by atoms with Gasteiger partial charge in [-0.15, -0.1) is 0 Å². The summed E-state index contributed by atoms with van der Waals surface area (Å²) >= 11 is 1.09. The van der Waals surface area contributed by atoms with Crippen molar-refractivity contribution in [2.45, 2.75) is 29.9 Å². The fraction of sp³-hybridized carbons (Fsp3) is 0.286. The third-order valence-corrected chi connectivity index (χ3v) is 3.80. The minimum absolute atomic E-state index is 0.247. The van der Waals surface area contributed by atoms with E-state index in [0.29, 0.717) is 10.8 Å². The number of carbonyl (C=O) groups is 1. The van der Waals surface area contributed by atoms with Crippen LogP contribution in [0.1, 0.15) is 18.2 Å². The summed E-state index contributed by atoms with van der Waals surface area (Å²) in [7, 11) is 0. The van der Waals surface area contributed by atoms with E-state index in [0.717, 1.165) is 24.0 Å². The van der Waals surface area contributed by atoms with Crippen LogP contribution in [0.5, 0.6) is 0 Å². The van der Waals surface area contributed by atoms with Gasteiger partial charge in [0, 0.05) is 6.20 Å². The molecule has 8 heteroatoms. The summed E-state index contributed by atoms with van der Waals surface area (Å²) < 4.78 is 42.4. The molecule has 1 atom stereocenters. The molecule has 0 aliphatic rings. The van der Waals surface area contributed by atoms with Gasteiger partial charge in [-0.25, -0.2) is 4.98 Å². The number of hydrogen-bond acceptors (Lipinski definition) is 4. The van der Waals surface area contributed by atoms with E-state index in [1.54, 1.807) is 19.1 Å². The van der Waals surface area contributed by atoms with Crippen molar-refractivity contribution >= 4 is 17.7 Å². The molecule has 2 rings (SSSR count). The fourth-order valence-corrected chi connectivity index (χ4v) is 2.40. The van der Waals surface area contributed by atoms with Crippen molar-refractivity contribution in [1.82, 2.24) is 10.3 Å². The van der Waals surface area contributed by atoms with Crippen molar-refractivity contribution in [2.24, 2.45) is 0 Å². The van der Waals surface area contributed by atoms with E-state index in [4.69, 9.17) is 4.42 Å². The van der Waals surface area contributed by atoms with Gasteiger partial charge in [0.15, 0.2) is 0 Å². The minimum Gasteiger partial charge on any atom is -0.467 e. The van der Waals surface area contributed by atoms with Gasteiger partial charge in [-0.05, 0) is 31.2 Å². The lowest BCUT2D eigenvalue weighted by atomic mass is 10.3. The van der Waals surface area contributed by atoms with Crippen LogP contribution in [0.2, 0.25) is 0 Å². The van der Waals surface area contributed by atoms with E-state index in [1.807, 2.05) is 0 Å². The summed E-state index contributed by atoms with van der Waals surface area (Å²) in [6.45, 7) is 1.92. The molecule has 0 saturated heterocycles. The Kier molecular flexibility index (Phi) is 5.12. The van der Waals surface area contributed by atoms with Gasteiger partial charge < -0.3 is 9.73 Å². The first-order valence-electron chi connectivity index (χ1n) is 6.36. The van der Waals surface area contributed by atoms with Gasteiger partial charge in [-0.2, -0.15) is 13.2 Å². The summed E-state index contributed by atoms with van der Waals surface area (Å²) in [5.74, 6) is 0.376. The number of aromatic nitrogens is 1. The predicted octanol–water partition coefficient (Wildman–Crippen LogP) is 3.49. The standard InChI is InChI=1S/C14H13F3N2O2S/c1-9(13(20)19-8-11-3-2-6-21-11)22-12-5-4-10(7-18-12)14(15,16)17/h2-7,9H,8H2,1H3,(H,19,20). The largest absolute Gasteiger partial charge is 0.467 e. The zero-order valence-corrected chi connectivity index (χ0v) is 12.4. The molecule has 0 aromatic carbocycles. The van der Waals surface area contributed by atoms with Gasteiger partial charge in [0.1, 0.15) is 5.76 Å². The zero-order chi connectivity index (χ0) is 16.2. The van der Waals surface area contributed by atoms with E-state index in [9.17, 15) is 18.0 Å². The van der Waals surface area contributed by atoms with Crippen LogP contribution in [-0.4, -0.2) is 16.1 Å². The Labute approximate surface area is 129 Å². The molecule has 0 radical (unpaired) electrons. The van der Waals surface area contributed by atoms with Crippen LogP contribution in [0, 0.1) is 0 Å². The number of thioether (sulfide) groups is 1. The van der Waals surface area contributed by atoms with Gasteiger partial charge in [0.05, 0.1) is 28.6 Å². The van der Waals surface area contributed by atoms with Crippen molar-refractivity contribution in [2.75, 3.05) is 0 Å². The molecule has 0 saturated carbocycles. The number of halogens is 3. The lowest BCUT2D eigenvalue weighted by Gasteiger charge is -2.11. The highest BCUT2D eigenvalue weighted by Crippen LogP contribution is 2.30. The highest BCUT2D eigenvalue weighted by molar-refractivity contribution is 8.00. The first kappa shape index (κ1) is 16.4. The van der Waals surface area contributed by atoms with Crippen LogP contribution >= 0.6 is 11.8 Å². The molecule has 0 bridgehead atoms. The molecule has 0 fully saturated rings. The highest BCUT2D eigenvalue weighted by Gasteiger charge is 2.30. The molecule has 118 valence electrons. The molecule has 2 aromatic heterocycles. The van der Waals surface area contributed by atoms with Crippen molar-refractivity contribution in [1.29, 1.82) is 0 Å². The molecule has 4 nitrogen and oxygen atoms in total. The van der Waals surface area contributed by atoms with Crippen molar-refractivity contribution in [3.05, 3.63) is 48.0 Å². The van der Waals surface area contributed by atoms with Crippen LogP contribution < -0.4 is 5.32 Å². The lowest BCUT2D eigenvalue weighted by molar-refractivity contribution is -0.137. The van der Waals surface area contributed by atoms with Gasteiger partial charge in [-0.3, -0.25) is 4.79 Å². The molecule has 2 aromatic rings. The molecule has 1 amide bonds. The van der Waals surface area contributed by atoms with Crippen LogP contribution in [0.25, 0.3) is 0 Å². The number of rotatable bonds is 5. The second-order valence-corrected chi connectivity index (χ2v) is 5.80. The van der Waals surface area contributed by atoms with Gasteiger partial charge in [0.25, 0.3) is 0 Å². The van der Waals surface area contributed by atoms with Crippen LogP contribution in [0.3, 0.4) is 0 Å². The summed E-state index contributed by atoms with van der Waals surface area (Å²) in [5.41, 5.74) is -0.813. The lowest BCUT2D eigenvalue weighted by Crippen LogP contribution is -2.30. The number of hydrogen-bond donors (Lipinski definition) is 1. The zero-order valence-electron chi connectivity index (χ0n) is 11.6. The number of amides is 1. The van der Waals surface area contributed by atoms with Gasteiger partial charge in [-0.1, -0.05) is 11.8 Å². The molecule has 2 heterocycles. The smallest absolute Gasteiger partial charge is 0.417 e. The molecular weight excluding hydrogens is 317 g/mol. The SMILES string of the molecule is CC(Sc1ccc(C(F)(F)F)cn1)C(=O)NCc1ccco1. The van der Waals surface area contributed by atoms with Gasteiger partial charge >= 0.3 is 6.18 Å². The quantitative estimate of drug-likeness (QED) is 0.853. The predicted molar refractivity (Wildman–Crippen MR) is 75.1 cm³/mol. The Morgan fingerprint density at radius 1 is 1.41 bits per heavy atom. The Hall–Kier alpha value is -1.96. The average Bonchev–Trinajstić information content (AvgIpc) is 2.97. The molecule has 0 spiro atoms. The van der Waals surface area contributed by atoms with Crippen molar-refractivity contribution < 1.29 is 22.4 Å². The Balaban J connectivity index is 1.88. The van der Waals surface area contributed by atoms with Crippen LogP contribution in [0.15, 0.2) is 46.2 Å². The number of alkyl halides is 3. The van der Waals surface area contributed by atoms with E-state index in [2.05, 4.69) is 10.3 Å². The molecule has 1 unspecified atom stereocenters. The topological polar surface area (TPSA) is 55.1 Å². The Bertz CT molecular complexity index is 612. The van der Waals surface area contributed by atoms with E-state index >= 15 is 0 Å². The number of nitrogens with zero attached hydrogens (tertiary/aromatic N) is 1. The first-order valence-corrected chi connectivity index (χ1v) is 7.24. The van der Waals surface area contributed by atoms with Gasteiger partial charge in [0.2, 0.25) is 5.91 Å². The second kappa shape index (κ2) is 6.87. The van der Waals surface area contributed by atoms with Crippen LogP contribution in [0.4, 0.5) is 13.2 Å². The molecule has 1 N–H and O–H groups in total. The summed E-state index contributed by atoms with van der Waals surface area (Å²) in [6.07, 6.45) is -2.15. The average molecular weight is 330 g/mol. The van der Waals surface area contributed by atoms with Crippen molar-refractivity contribution in [3.63, 3.8) is 0 Å². The molecule has 0 aliphatic carbocycles. The van der Waals surface area contributed by atoms with E-state index in [1.165, 1.54) is 12.3 Å². The summed E-state index contributed by atoms with van der Waals surface area (Å²) in [6, 6.07) is 5.65. The number of furan rings is 1. The monoisotopic (exact) mass is 330 g/mol. The second-order valence-electron chi connectivity index (χ2n) is 4.44. The molecular formula is C14H13F3N2O2S. The minimum atomic E-state index is -4.41. The van der Waals surface area contributed by atoms with Crippen molar-refractivity contribution in [3.8, 4) is 0 Å². The Morgan fingerprint density at radius 3 is 2.73 bits per heavy atom. The third-order valence-electron chi connectivity index (χ3n) is 2.75. The maximum absolute atomic E-state index is 12.4. The maximum atomic E-state index is 12.4. The molecule has 0 aliphatic heterocycles. The normalized spacial score (nSPS) is 12.9.